The fourth-order valence-corrected chi connectivity index (χ4v) is 2.73. The van der Waals surface area contributed by atoms with Gasteiger partial charge in [-0.05, 0) is 19.9 Å². The van der Waals surface area contributed by atoms with Crippen molar-refractivity contribution in [3.63, 3.8) is 0 Å². The SMILES string of the molecule is CC1(C)CC(NC(=O)c2cc(C(=O)O)co2)c2ccccc2O1. The van der Waals surface area contributed by atoms with Crippen LogP contribution in [-0.4, -0.2) is 22.6 Å². The second-order valence-corrected chi connectivity index (χ2v) is 6.13. The van der Waals surface area contributed by atoms with Crippen LogP contribution in [0.5, 0.6) is 5.75 Å². The molecule has 0 bridgehead atoms. The predicted molar refractivity (Wildman–Crippen MR) is 81.6 cm³/mol. The first-order valence-corrected chi connectivity index (χ1v) is 7.26. The topological polar surface area (TPSA) is 88.8 Å². The maximum atomic E-state index is 12.3. The number of furan rings is 1. The number of hydrogen-bond donors (Lipinski definition) is 2. The van der Waals surface area contributed by atoms with Crippen molar-refractivity contribution in [3.8, 4) is 5.75 Å². The molecule has 23 heavy (non-hydrogen) atoms. The molecule has 3 rings (SSSR count). The van der Waals surface area contributed by atoms with E-state index < -0.39 is 17.5 Å². The van der Waals surface area contributed by atoms with Crippen LogP contribution in [0.3, 0.4) is 0 Å². The van der Waals surface area contributed by atoms with Gasteiger partial charge in [0.15, 0.2) is 5.76 Å². The third-order valence-electron chi connectivity index (χ3n) is 3.75. The van der Waals surface area contributed by atoms with E-state index in [0.717, 1.165) is 17.6 Å². The Morgan fingerprint density at radius 1 is 1.30 bits per heavy atom. The molecule has 6 heteroatoms. The van der Waals surface area contributed by atoms with Gasteiger partial charge in [0.25, 0.3) is 5.91 Å². The lowest BCUT2D eigenvalue weighted by Gasteiger charge is -2.37. The molecule has 0 saturated carbocycles. The van der Waals surface area contributed by atoms with Crippen LogP contribution in [0.2, 0.25) is 0 Å². The normalized spacial score (nSPS) is 18.6. The van der Waals surface area contributed by atoms with Gasteiger partial charge in [0, 0.05) is 18.1 Å². The summed E-state index contributed by atoms with van der Waals surface area (Å²) in [5.41, 5.74) is 0.426. The van der Waals surface area contributed by atoms with Crippen molar-refractivity contribution in [2.24, 2.45) is 0 Å². The third-order valence-corrected chi connectivity index (χ3v) is 3.75. The van der Waals surface area contributed by atoms with Gasteiger partial charge in [0.2, 0.25) is 0 Å². The minimum Gasteiger partial charge on any atom is -0.487 e. The summed E-state index contributed by atoms with van der Waals surface area (Å²) in [5, 5.41) is 11.8. The molecule has 0 fully saturated rings. The molecule has 0 saturated heterocycles. The van der Waals surface area contributed by atoms with Crippen molar-refractivity contribution < 1.29 is 23.8 Å². The van der Waals surface area contributed by atoms with E-state index in [2.05, 4.69) is 5.32 Å². The van der Waals surface area contributed by atoms with Gasteiger partial charge in [-0.3, -0.25) is 4.79 Å². The average molecular weight is 315 g/mol. The van der Waals surface area contributed by atoms with Crippen LogP contribution in [0, 0.1) is 0 Å². The maximum absolute atomic E-state index is 12.3. The number of amides is 1. The van der Waals surface area contributed by atoms with Crippen LogP contribution in [0.25, 0.3) is 0 Å². The van der Waals surface area contributed by atoms with Crippen molar-refractivity contribution in [2.75, 3.05) is 0 Å². The highest BCUT2D eigenvalue weighted by molar-refractivity contribution is 5.95. The molecule has 0 radical (unpaired) electrons. The molecule has 2 aromatic rings. The Morgan fingerprint density at radius 2 is 2.04 bits per heavy atom. The van der Waals surface area contributed by atoms with Crippen molar-refractivity contribution >= 4 is 11.9 Å². The number of nitrogens with one attached hydrogen (secondary N) is 1. The number of rotatable bonds is 3. The van der Waals surface area contributed by atoms with Crippen LogP contribution in [-0.2, 0) is 0 Å². The van der Waals surface area contributed by atoms with Crippen LogP contribution >= 0.6 is 0 Å². The highest BCUT2D eigenvalue weighted by atomic mass is 16.5. The smallest absolute Gasteiger partial charge is 0.338 e. The molecule has 6 nitrogen and oxygen atoms in total. The van der Waals surface area contributed by atoms with E-state index in [1.54, 1.807) is 0 Å². The number of para-hydroxylation sites is 1. The molecule has 1 unspecified atom stereocenters. The summed E-state index contributed by atoms with van der Waals surface area (Å²) in [6.07, 6.45) is 1.65. The number of carbonyl (C=O) groups is 2. The minimum absolute atomic E-state index is 0.0239. The molecule has 1 aliphatic heterocycles. The highest BCUT2D eigenvalue weighted by Crippen LogP contribution is 2.39. The quantitative estimate of drug-likeness (QED) is 0.909. The largest absolute Gasteiger partial charge is 0.487 e. The van der Waals surface area contributed by atoms with Crippen molar-refractivity contribution in [1.82, 2.24) is 5.32 Å². The summed E-state index contributed by atoms with van der Waals surface area (Å²) in [5.74, 6) is -0.871. The van der Waals surface area contributed by atoms with Gasteiger partial charge in [-0.1, -0.05) is 18.2 Å². The second kappa shape index (κ2) is 5.46. The van der Waals surface area contributed by atoms with E-state index in [9.17, 15) is 9.59 Å². The molecular weight excluding hydrogens is 298 g/mol. The number of carbonyl (C=O) groups excluding carboxylic acids is 1. The van der Waals surface area contributed by atoms with Crippen molar-refractivity contribution in [1.29, 1.82) is 0 Å². The lowest BCUT2D eigenvalue weighted by Crippen LogP contribution is -2.41. The average Bonchev–Trinajstić information content (AvgIpc) is 2.96. The van der Waals surface area contributed by atoms with Crippen LogP contribution in [0.1, 0.15) is 52.8 Å². The summed E-state index contributed by atoms with van der Waals surface area (Å²) in [4.78, 5) is 23.2. The number of benzene rings is 1. The Morgan fingerprint density at radius 3 is 2.74 bits per heavy atom. The minimum atomic E-state index is -1.13. The molecule has 1 aromatic heterocycles. The van der Waals surface area contributed by atoms with E-state index in [0.29, 0.717) is 6.42 Å². The third kappa shape index (κ3) is 3.06. The monoisotopic (exact) mass is 315 g/mol. The molecule has 1 amide bonds. The van der Waals surface area contributed by atoms with Gasteiger partial charge in [0.1, 0.15) is 17.6 Å². The lowest BCUT2D eigenvalue weighted by molar-refractivity contribution is 0.0610. The Kier molecular flexibility index (Phi) is 3.60. The molecule has 1 aliphatic rings. The zero-order chi connectivity index (χ0) is 16.6. The molecular formula is C17H17NO5. The summed E-state index contributed by atoms with van der Waals surface area (Å²) in [6.45, 7) is 3.91. The predicted octanol–water partition coefficient (Wildman–Crippen LogP) is 3.01. The van der Waals surface area contributed by atoms with Gasteiger partial charge >= 0.3 is 5.97 Å². The van der Waals surface area contributed by atoms with Gasteiger partial charge in [-0.25, -0.2) is 4.79 Å². The van der Waals surface area contributed by atoms with Crippen molar-refractivity contribution in [2.45, 2.75) is 31.9 Å². The van der Waals surface area contributed by atoms with E-state index in [1.807, 2.05) is 38.1 Å². The Labute approximate surface area is 133 Å². The molecule has 2 N–H and O–H groups in total. The standard InChI is InChI=1S/C17H17NO5/c1-17(2)8-12(11-5-3-4-6-13(11)23-17)18-15(19)14-7-10(9-22-14)16(20)21/h3-7,9,12H,8H2,1-2H3,(H,18,19)(H,20,21). The lowest BCUT2D eigenvalue weighted by atomic mass is 9.89. The van der Waals surface area contributed by atoms with Gasteiger partial charge in [-0.2, -0.15) is 0 Å². The maximum Gasteiger partial charge on any atom is 0.338 e. The summed E-state index contributed by atoms with van der Waals surface area (Å²) < 4.78 is 11.0. The fraction of sp³-hybridized carbons (Fsp3) is 0.294. The van der Waals surface area contributed by atoms with E-state index in [4.69, 9.17) is 14.3 Å². The molecule has 2 heterocycles. The zero-order valence-electron chi connectivity index (χ0n) is 12.8. The number of fused-ring (bicyclic) bond motifs is 1. The van der Waals surface area contributed by atoms with Crippen LogP contribution < -0.4 is 10.1 Å². The number of ether oxygens (including phenoxy) is 1. The fourth-order valence-electron chi connectivity index (χ4n) is 2.73. The molecule has 0 aliphatic carbocycles. The van der Waals surface area contributed by atoms with Crippen molar-refractivity contribution in [3.05, 3.63) is 53.5 Å². The first-order chi connectivity index (χ1) is 10.9. The molecule has 0 spiro atoms. The molecule has 120 valence electrons. The number of hydrogen-bond acceptors (Lipinski definition) is 4. The van der Waals surface area contributed by atoms with E-state index in [1.165, 1.54) is 6.07 Å². The summed E-state index contributed by atoms with van der Waals surface area (Å²) >= 11 is 0. The molecule has 1 atom stereocenters. The van der Waals surface area contributed by atoms with E-state index in [-0.39, 0.29) is 17.4 Å². The van der Waals surface area contributed by atoms with Gasteiger partial charge < -0.3 is 19.6 Å². The van der Waals surface area contributed by atoms with Gasteiger partial charge in [0.05, 0.1) is 11.6 Å². The first-order valence-electron chi connectivity index (χ1n) is 7.26. The zero-order valence-corrected chi connectivity index (χ0v) is 12.8. The first kappa shape index (κ1) is 15.1. The Balaban J connectivity index is 1.84. The molecule has 1 aromatic carbocycles. The van der Waals surface area contributed by atoms with Crippen LogP contribution in [0.4, 0.5) is 0 Å². The Bertz CT molecular complexity index is 762. The summed E-state index contributed by atoms with van der Waals surface area (Å²) in [7, 11) is 0. The number of carboxylic acid groups (broad SMARTS) is 1. The van der Waals surface area contributed by atoms with Gasteiger partial charge in [-0.15, -0.1) is 0 Å². The second-order valence-electron chi connectivity index (χ2n) is 6.13. The highest BCUT2D eigenvalue weighted by Gasteiger charge is 2.34. The van der Waals surface area contributed by atoms with E-state index >= 15 is 0 Å². The number of aromatic carboxylic acids is 1. The number of carboxylic acids is 1. The van der Waals surface area contributed by atoms with Crippen LogP contribution in [0.15, 0.2) is 41.0 Å². The Hall–Kier alpha value is -2.76. The summed E-state index contributed by atoms with van der Waals surface area (Å²) in [6, 6.07) is 8.51.